The van der Waals surface area contributed by atoms with Crippen LogP contribution in [0.2, 0.25) is 0 Å². The van der Waals surface area contributed by atoms with Gasteiger partial charge >= 0.3 is 0 Å². The van der Waals surface area contributed by atoms with E-state index in [1.807, 2.05) is 6.92 Å². The standard InChI is InChI=1S/C12H19N5O2S/c1-2-13-9-11-8-12(10-14-11)20(18,19)16-5-7-17-6-3-4-15-17/h3-4,6,8,10,13-14,16H,2,5,7,9H2,1H3. The Bertz CT molecular complexity index is 618. The highest BCUT2D eigenvalue weighted by atomic mass is 32.2. The maximum atomic E-state index is 12.1. The molecule has 2 rings (SSSR count). The highest BCUT2D eigenvalue weighted by Gasteiger charge is 2.15. The van der Waals surface area contributed by atoms with Crippen molar-refractivity contribution in [2.45, 2.75) is 24.9 Å². The molecule has 0 saturated heterocycles. The average Bonchev–Trinajstić information content (AvgIpc) is 3.07. The Morgan fingerprint density at radius 2 is 2.30 bits per heavy atom. The highest BCUT2D eigenvalue weighted by molar-refractivity contribution is 7.89. The van der Waals surface area contributed by atoms with Crippen molar-refractivity contribution in [2.24, 2.45) is 0 Å². The molecule has 0 aliphatic rings. The third-order valence-corrected chi connectivity index (χ3v) is 4.22. The molecule has 2 aromatic rings. The van der Waals surface area contributed by atoms with Crippen LogP contribution >= 0.6 is 0 Å². The van der Waals surface area contributed by atoms with Gasteiger partial charge in [-0.15, -0.1) is 0 Å². The highest BCUT2D eigenvalue weighted by Crippen LogP contribution is 2.10. The summed E-state index contributed by atoms with van der Waals surface area (Å²) in [6, 6.07) is 3.44. The Labute approximate surface area is 118 Å². The average molecular weight is 297 g/mol. The van der Waals surface area contributed by atoms with Gasteiger partial charge in [-0.1, -0.05) is 6.92 Å². The molecule has 0 radical (unpaired) electrons. The molecular formula is C12H19N5O2S. The Kier molecular flexibility index (Phi) is 4.94. The lowest BCUT2D eigenvalue weighted by Gasteiger charge is -2.05. The van der Waals surface area contributed by atoms with Crippen molar-refractivity contribution in [3.8, 4) is 0 Å². The quantitative estimate of drug-likeness (QED) is 0.653. The molecule has 0 atom stereocenters. The molecule has 0 unspecified atom stereocenters. The summed E-state index contributed by atoms with van der Waals surface area (Å²) in [4.78, 5) is 3.21. The third-order valence-electron chi connectivity index (χ3n) is 2.78. The van der Waals surface area contributed by atoms with Crippen LogP contribution in [0.15, 0.2) is 35.6 Å². The molecular weight excluding hydrogens is 278 g/mol. The first-order valence-corrected chi connectivity index (χ1v) is 7.95. The Morgan fingerprint density at radius 1 is 1.45 bits per heavy atom. The van der Waals surface area contributed by atoms with Crippen molar-refractivity contribution in [2.75, 3.05) is 13.1 Å². The predicted octanol–water partition coefficient (Wildman–Crippen LogP) is 0.299. The second kappa shape index (κ2) is 6.69. The van der Waals surface area contributed by atoms with E-state index < -0.39 is 10.0 Å². The topological polar surface area (TPSA) is 91.8 Å². The van der Waals surface area contributed by atoms with Gasteiger partial charge in [-0.05, 0) is 18.7 Å². The monoisotopic (exact) mass is 297 g/mol. The van der Waals surface area contributed by atoms with Gasteiger partial charge in [0.1, 0.15) is 0 Å². The molecule has 8 heteroatoms. The summed E-state index contributed by atoms with van der Waals surface area (Å²) in [6.07, 6.45) is 4.95. The largest absolute Gasteiger partial charge is 0.363 e. The molecule has 20 heavy (non-hydrogen) atoms. The number of hydrogen-bond acceptors (Lipinski definition) is 4. The molecule has 0 fully saturated rings. The fourth-order valence-corrected chi connectivity index (χ4v) is 2.78. The number of hydrogen-bond donors (Lipinski definition) is 3. The van der Waals surface area contributed by atoms with Crippen LogP contribution in [0, 0.1) is 0 Å². The van der Waals surface area contributed by atoms with Crippen LogP contribution in [0.5, 0.6) is 0 Å². The van der Waals surface area contributed by atoms with Gasteiger partial charge in [0, 0.05) is 37.4 Å². The Morgan fingerprint density at radius 3 is 3.00 bits per heavy atom. The molecule has 0 bridgehead atoms. The smallest absolute Gasteiger partial charge is 0.242 e. The predicted molar refractivity (Wildman–Crippen MR) is 75.6 cm³/mol. The number of nitrogens with zero attached hydrogens (tertiary/aromatic N) is 2. The molecule has 0 aliphatic carbocycles. The number of aromatic amines is 1. The summed E-state index contributed by atoms with van der Waals surface area (Å²) < 4.78 is 28.4. The van der Waals surface area contributed by atoms with Crippen molar-refractivity contribution in [3.05, 3.63) is 36.4 Å². The van der Waals surface area contributed by atoms with E-state index in [-0.39, 0.29) is 4.90 Å². The minimum Gasteiger partial charge on any atom is -0.363 e. The van der Waals surface area contributed by atoms with Gasteiger partial charge in [0.15, 0.2) is 0 Å². The first-order chi connectivity index (χ1) is 9.62. The van der Waals surface area contributed by atoms with Gasteiger partial charge in [-0.3, -0.25) is 4.68 Å². The molecule has 0 amide bonds. The van der Waals surface area contributed by atoms with E-state index in [2.05, 4.69) is 20.1 Å². The lowest BCUT2D eigenvalue weighted by atomic mass is 10.4. The summed E-state index contributed by atoms with van der Waals surface area (Å²) in [6.45, 7) is 4.26. The van der Waals surface area contributed by atoms with Crippen LogP contribution in [0.1, 0.15) is 12.6 Å². The van der Waals surface area contributed by atoms with E-state index in [0.717, 1.165) is 12.2 Å². The Balaban J connectivity index is 1.90. The molecule has 0 aliphatic heterocycles. The van der Waals surface area contributed by atoms with Crippen LogP contribution < -0.4 is 10.0 Å². The normalized spacial score (nSPS) is 11.8. The van der Waals surface area contributed by atoms with Gasteiger partial charge in [0.05, 0.1) is 11.4 Å². The molecule has 0 spiro atoms. The molecule has 0 saturated carbocycles. The number of H-pyrrole nitrogens is 1. The van der Waals surface area contributed by atoms with E-state index in [1.165, 1.54) is 6.20 Å². The second-order valence-electron chi connectivity index (χ2n) is 4.31. The van der Waals surface area contributed by atoms with Gasteiger partial charge in [-0.2, -0.15) is 5.10 Å². The van der Waals surface area contributed by atoms with Crippen molar-refractivity contribution < 1.29 is 8.42 Å². The van der Waals surface area contributed by atoms with E-state index in [1.54, 1.807) is 29.2 Å². The summed E-state index contributed by atoms with van der Waals surface area (Å²) in [5, 5.41) is 7.15. The maximum Gasteiger partial charge on any atom is 0.242 e. The summed E-state index contributed by atoms with van der Waals surface area (Å²) >= 11 is 0. The van der Waals surface area contributed by atoms with Crippen molar-refractivity contribution in [1.29, 1.82) is 0 Å². The second-order valence-corrected chi connectivity index (χ2v) is 6.07. The van der Waals surface area contributed by atoms with Crippen LogP contribution in [-0.2, 0) is 23.1 Å². The first-order valence-electron chi connectivity index (χ1n) is 6.47. The van der Waals surface area contributed by atoms with Gasteiger partial charge in [0.2, 0.25) is 10.0 Å². The Hall–Kier alpha value is -1.64. The molecule has 0 aromatic carbocycles. The van der Waals surface area contributed by atoms with Crippen LogP contribution in [-0.4, -0.2) is 36.3 Å². The number of nitrogens with one attached hydrogen (secondary N) is 3. The maximum absolute atomic E-state index is 12.1. The first kappa shape index (κ1) is 14.8. The van der Waals surface area contributed by atoms with Gasteiger partial charge in [0.25, 0.3) is 0 Å². The van der Waals surface area contributed by atoms with Crippen LogP contribution in [0.25, 0.3) is 0 Å². The molecule has 2 aromatic heterocycles. The fraction of sp³-hybridized carbons (Fsp3) is 0.417. The lowest BCUT2D eigenvalue weighted by Crippen LogP contribution is -2.27. The SMILES string of the molecule is CCNCc1cc(S(=O)(=O)NCCn2cccn2)c[nH]1. The summed E-state index contributed by atoms with van der Waals surface area (Å²) in [5.74, 6) is 0. The molecule has 110 valence electrons. The number of aromatic nitrogens is 3. The minimum absolute atomic E-state index is 0.255. The van der Waals surface area contributed by atoms with Crippen LogP contribution in [0.3, 0.4) is 0 Å². The molecule has 2 heterocycles. The van der Waals surface area contributed by atoms with E-state index in [9.17, 15) is 8.42 Å². The molecule has 7 nitrogen and oxygen atoms in total. The zero-order chi connectivity index (χ0) is 14.4. The zero-order valence-electron chi connectivity index (χ0n) is 11.3. The number of sulfonamides is 1. The number of rotatable bonds is 8. The van der Waals surface area contributed by atoms with E-state index in [4.69, 9.17) is 0 Å². The summed E-state index contributed by atoms with van der Waals surface area (Å²) in [7, 11) is -3.47. The lowest BCUT2D eigenvalue weighted by molar-refractivity contribution is 0.561. The van der Waals surface area contributed by atoms with Crippen molar-refractivity contribution in [3.63, 3.8) is 0 Å². The van der Waals surface area contributed by atoms with E-state index >= 15 is 0 Å². The third kappa shape index (κ3) is 3.92. The van der Waals surface area contributed by atoms with Gasteiger partial charge < -0.3 is 10.3 Å². The minimum atomic E-state index is -3.47. The molecule has 3 N–H and O–H groups in total. The fourth-order valence-electron chi connectivity index (χ4n) is 1.75. The zero-order valence-corrected chi connectivity index (χ0v) is 12.2. The van der Waals surface area contributed by atoms with Crippen molar-refractivity contribution >= 4 is 10.0 Å². The van der Waals surface area contributed by atoms with Gasteiger partial charge in [-0.25, -0.2) is 13.1 Å². The van der Waals surface area contributed by atoms with Crippen LogP contribution in [0.4, 0.5) is 0 Å². The summed E-state index contributed by atoms with van der Waals surface area (Å²) in [5.41, 5.74) is 0.847. The van der Waals surface area contributed by atoms with Crippen molar-refractivity contribution in [1.82, 2.24) is 24.8 Å². The van der Waals surface area contributed by atoms with E-state index in [0.29, 0.717) is 19.6 Å².